The van der Waals surface area contributed by atoms with E-state index in [1.165, 1.54) is 37.7 Å². The van der Waals surface area contributed by atoms with Gasteiger partial charge in [-0.25, -0.2) is 9.18 Å². The van der Waals surface area contributed by atoms with Gasteiger partial charge in [-0.1, -0.05) is 25.0 Å². The third kappa shape index (κ3) is 6.50. The van der Waals surface area contributed by atoms with Gasteiger partial charge in [0.2, 0.25) is 0 Å². The molecule has 1 aromatic heterocycles. The Balaban J connectivity index is 1.24. The van der Waals surface area contributed by atoms with Crippen molar-refractivity contribution in [1.29, 1.82) is 0 Å². The fourth-order valence-electron chi connectivity index (χ4n) is 5.05. The third-order valence-electron chi connectivity index (χ3n) is 6.80. The van der Waals surface area contributed by atoms with Crippen LogP contribution in [-0.2, 0) is 6.42 Å². The van der Waals surface area contributed by atoms with Crippen LogP contribution in [0.5, 0.6) is 0 Å². The van der Waals surface area contributed by atoms with E-state index in [9.17, 15) is 9.18 Å². The molecule has 1 aliphatic heterocycles. The van der Waals surface area contributed by atoms with E-state index >= 15 is 0 Å². The van der Waals surface area contributed by atoms with Crippen molar-refractivity contribution in [3.05, 3.63) is 60.2 Å². The van der Waals surface area contributed by atoms with Crippen molar-refractivity contribution in [2.75, 3.05) is 25.0 Å². The molecule has 1 saturated heterocycles. The van der Waals surface area contributed by atoms with E-state index in [0.29, 0.717) is 11.8 Å². The summed E-state index contributed by atoms with van der Waals surface area (Å²) in [4.78, 5) is 19.0. The standard InChI is InChI=1S/C25H33FN4O/c26-22-7-5-19(6-8-22)17-20-11-15-30(16-12-20)18-21-3-1-2-4-24(21)29-25(31)28-23-9-13-27-14-10-23/h5-10,13-14,20-21,24H,1-4,11-12,15-18H2,(H2,27,28,29,31)/t21-,24+/m0/s1. The van der Waals surface area contributed by atoms with Crippen LogP contribution in [0.25, 0.3) is 0 Å². The number of halogens is 1. The molecule has 0 unspecified atom stereocenters. The van der Waals surface area contributed by atoms with Gasteiger partial charge in [0.15, 0.2) is 0 Å². The summed E-state index contributed by atoms with van der Waals surface area (Å²) in [5, 5.41) is 6.14. The largest absolute Gasteiger partial charge is 0.335 e. The fourth-order valence-corrected chi connectivity index (χ4v) is 5.05. The summed E-state index contributed by atoms with van der Waals surface area (Å²) in [6.07, 6.45) is 11.4. The van der Waals surface area contributed by atoms with Gasteiger partial charge in [-0.15, -0.1) is 0 Å². The van der Waals surface area contributed by atoms with E-state index in [-0.39, 0.29) is 17.9 Å². The summed E-state index contributed by atoms with van der Waals surface area (Å²) in [6, 6.07) is 10.7. The summed E-state index contributed by atoms with van der Waals surface area (Å²) >= 11 is 0. The van der Waals surface area contributed by atoms with E-state index in [1.807, 2.05) is 12.1 Å². The Morgan fingerprint density at radius 1 is 1.00 bits per heavy atom. The lowest BCUT2D eigenvalue weighted by molar-refractivity contribution is 0.130. The van der Waals surface area contributed by atoms with Crippen LogP contribution in [0.4, 0.5) is 14.9 Å². The first kappa shape index (κ1) is 21.8. The fraction of sp³-hybridized carbons (Fsp3) is 0.520. The number of aromatic nitrogens is 1. The number of nitrogens with zero attached hydrogens (tertiary/aromatic N) is 2. The maximum atomic E-state index is 13.1. The minimum Gasteiger partial charge on any atom is -0.335 e. The molecule has 2 atom stereocenters. The Hall–Kier alpha value is -2.47. The van der Waals surface area contributed by atoms with Gasteiger partial charge >= 0.3 is 6.03 Å². The molecule has 2 aromatic rings. The van der Waals surface area contributed by atoms with Crippen molar-refractivity contribution in [3.8, 4) is 0 Å². The number of nitrogens with one attached hydrogen (secondary N) is 2. The molecule has 0 spiro atoms. The van der Waals surface area contributed by atoms with Crippen LogP contribution in [0.3, 0.4) is 0 Å². The number of likely N-dealkylation sites (tertiary alicyclic amines) is 1. The minimum absolute atomic E-state index is 0.124. The van der Waals surface area contributed by atoms with Gasteiger partial charge in [0.25, 0.3) is 0 Å². The second-order valence-corrected chi connectivity index (χ2v) is 9.06. The number of pyridine rings is 1. The van der Waals surface area contributed by atoms with Crippen molar-refractivity contribution in [2.24, 2.45) is 11.8 Å². The van der Waals surface area contributed by atoms with Crippen LogP contribution in [0.1, 0.15) is 44.1 Å². The summed E-state index contributed by atoms with van der Waals surface area (Å²) in [5.74, 6) is 1.02. The van der Waals surface area contributed by atoms with E-state index in [2.05, 4.69) is 20.5 Å². The molecule has 2 aliphatic rings. The number of piperidine rings is 1. The molecule has 1 aromatic carbocycles. The van der Waals surface area contributed by atoms with Crippen molar-refractivity contribution in [2.45, 2.75) is 51.0 Å². The highest BCUT2D eigenvalue weighted by atomic mass is 19.1. The summed E-state index contributed by atoms with van der Waals surface area (Å²) in [5.41, 5.74) is 2.00. The van der Waals surface area contributed by atoms with Gasteiger partial charge in [-0.05, 0) is 86.9 Å². The monoisotopic (exact) mass is 424 g/mol. The quantitative estimate of drug-likeness (QED) is 0.697. The number of carbonyl (C=O) groups excluding carboxylic acids is 1. The zero-order valence-corrected chi connectivity index (χ0v) is 18.1. The van der Waals surface area contributed by atoms with E-state index < -0.39 is 0 Å². The topological polar surface area (TPSA) is 57.3 Å². The zero-order valence-electron chi connectivity index (χ0n) is 18.1. The maximum absolute atomic E-state index is 13.1. The Labute approximate surface area is 184 Å². The molecule has 1 aliphatic carbocycles. The first-order chi connectivity index (χ1) is 15.2. The lowest BCUT2D eigenvalue weighted by Crippen LogP contribution is -2.48. The number of rotatable bonds is 6. The lowest BCUT2D eigenvalue weighted by Gasteiger charge is -2.39. The molecule has 5 nitrogen and oxygen atoms in total. The van der Waals surface area contributed by atoms with Crippen LogP contribution < -0.4 is 10.6 Å². The van der Waals surface area contributed by atoms with E-state index in [1.54, 1.807) is 36.7 Å². The van der Waals surface area contributed by atoms with Gasteiger partial charge in [-0.3, -0.25) is 4.98 Å². The average molecular weight is 425 g/mol. The van der Waals surface area contributed by atoms with Crippen LogP contribution >= 0.6 is 0 Å². The molecule has 2 heterocycles. The molecular formula is C25H33FN4O. The summed E-state index contributed by atoms with van der Waals surface area (Å²) in [7, 11) is 0. The molecule has 31 heavy (non-hydrogen) atoms. The lowest BCUT2D eigenvalue weighted by atomic mass is 9.83. The first-order valence-electron chi connectivity index (χ1n) is 11.6. The second kappa shape index (κ2) is 10.7. The highest BCUT2D eigenvalue weighted by Crippen LogP contribution is 2.28. The molecular weight excluding hydrogens is 391 g/mol. The van der Waals surface area contributed by atoms with E-state index in [0.717, 1.165) is 38.2 Å². The number of benzene rings is 1. The molecule has 1 saturated carbocycles. The molecule has 0 radical (unpaired) electrons. The number of hydrogen-bond acceptors (Lipinski definition) is 3. The predicted molar refractivity (Wildman–Crippen MR) is 121 cm³/mol. The smallest absolute Gasteiger partial charge is 0.319 e. The van der Waals surface area contributed by atoms with Gasteiger partial charge < -0.3 is 15.5 Å². The van der Waals surface area contributed by atoms with E-state index in [4.69, 9.17) is 0 Å². The number of anilines is 1. The number of hydrogen-bond donors (Lipinski definition) is 2. The SMILES string of the molecule is O=C(Nc1ccncc1)N[C@@H]1CCCC[C@H]1CN1CCC(Cc2ccc(F)cc2)CC1. The Morgan fingerprint density at radius 2 is 1.71 bits per heavy atom. The summed E-state index contributed by atoms with van der Waals surface area (Å²) < 4.78 is 13.1. The van der Waals surface area contributed by atoms with Gasteiger partial charge in [0, 0.05) is 30.7 Å². The maximum Gasteiger partial charge on any atom is 0.319 e. The molecule has 6 heteroatoms. The zero-order chi connectivity index (χ0) is 21.5. The molecule has 166 valence electrons. The normalized spacial score (nSPS) is 22.7. The highest BCUT2D eigenvalue weighted by molar-refractivity contribution is 5.89. The van der Waals surface area contributed by atoms with Crippen LogP contribution in [0.2, 0.25) is 0 Å². The third-order valence-corrected chi connectivity index (χ3v) is 6.80. The summed E-state index contributed by atoms with van der Waals surface area (Å²) in [6.45, 7) is 3.28. The Bertz CT molecular complexity index is 821. The molecule has 2 fully saturated rings. The van der Waals surface area contributed by atoms with Crippen LogP contribution in [-0.4, -0.2) is 41.6 Å². The molecule has 4 rings (SSSR count). The highest BCUT2D eigenvalue weighted by Gasteiger charge is 2.29. The van der Waals surface area contributed by atoms with Crippen LogP contribution in [0, 0.1) is 17.7 Å². The van der Waals surface area contributed by atoms with Gasteiger partial charge in [0.05, 0.1) is 0 Å². The number of amides is 2. The molecule has 0 bridgehead atoms. The van der Waals surface area contributed by atoms with Gasteiger partial charge in [-0.2, -0.15) is 0 Å². The predicted octanol–water partition coefficient (Wildman–Crippen LogP) is 4.86. The van der Waals surface area contributed by atoms with Gasteiger partial charge in [0.1, 0.15) is 5.82 Å². The number of carbonyl (C=O) groups is 1. The number of urea groups is 1. The minimum atomic E-state index is -0.163. The Kier molecular flexibility index (Phi) is 7.52. The second-order valence-electron chi connectivity index (χ2n) is 9.06. The molecule has 2 N–H and O–H groups in total. The average Bonchev–Trinajstić information content (AvgIpc) is 2.79. The van der Waals surface area contributed by atoms with Crippen molar-refractivity contribution < 1.29 is 9.18 Å². The first-order valence-corrected chi connectivity index (χ1v) is 11.6. The van der Waals surface area contributed by atoms with Crippen molar-refractivity contribution in [1.82, 2.24) is 15.2 Å². The molecule has 2 amide bonds. The van der Waals surface area contributed by atoms with Crippen LogP contribution in [0.15, 0.2) is 48.8 Å². The van der Waals surface area contributed by atoms with Crippen molar-refractivity contribution in [3.63, 3.8) is 0 Å². The van der Waals surface area contributed by atoms with Crippen molar-refractivity contribution >= 4 is 11.7 Å². The Morgan fingerprint density at radius 3 is 2.45 bits per heavy atom.